The highest BCUT2D eigenvalue weighted by molar-refractivity contribution is 7.15. The summed E-state index contributed by atoms with van der Waals surface area (Å²) in [4.78, 5) is 28.8. The first-order chi connectivity index (χ1) is 14.6. The molecule has 2 heterocycles. The van der Waals surface area contributed by atoms with Gasteiger partial charge in [-0.25, -0.2) is 9.69 Å². The molecule has 0 spiro atoms. The molecule has 0 aromatic carbocycles. The fourth-order valence-corrected chi connectivity index (χ4v) is 4.28. The van der Waals surface area contributed by atoms with Gasteiger partial charge in [0.15, 0.2) is 6.23 Å². The molecule has 1 aliphatic rings. The first-order valence-electron chi connectivity index (χ1n) is 11.3. The van der Waals surface area contributed by atoms with Gasteiger partial charge in [0, 0.05) is 32.4 Å². The van der Waals surface area contributed by atoms with Gasteiger partial charge in [0.1, 0.15) is 5.01 Å². The number of allylic oxidation sites excluding steroid dienone is 1. The summed E-state index contributed by atoms with van der Waals surface area (Å²) >= 11 is 1.43. The van der Waals surface area contributed by atoms with Crippen molar-refractivity contribution in [2.24, 2.45) is 0 Å². The van der Waals surface area contributed by atoms with Crippen LogP contribution in [0.1, 0.15) is 83.6 Å². The van der Waals surface area contributed by atoms with Crippen molar-refractivity contribution >= 4 is 28.5 Å². The molecule has 0 bridgehead atoms. The van der Waals surface area contributed by atoms with Gasteiger partial charge in [-0.15, -0.1) is 10.2 Å². The summed E-state index contributed by atoms with van der Waals surface area (Å²) in [7, 11) is 0. The van der Waals surface area contributed by atoms with Crippen LogP contribution in [0.3, 0.4) is 0 Å². The van der Waals surface area contributed by atoms with Crippen molar-refractivity contribution in [1.82, 2.24) is 15.1 Å². The topological polar surface area (TPSA) is 75.6 Å². The standard InChI is InChI=1S/C22H36N4O3S/c1-4-7-10-11-13-18-23-24-21(30-18)26-19(29-20(27)14-9-6-3)15-17-25(22(26)28)16-12-8-5-2/h5,8,19H,4,6-7,9-17H2,1-3H3/b8-5+. The SMILES string of the molecule is C/C=C/CCN1CCC(OC(=O)CCCC)N(c2nnc(CCCCCC)s2)C1=O. The van der Waals surface area contributed by atoms with Crippen molar-refractivity contribution in [2.45, 2.75) is 91.2 Å². The molecule has 1 aromatic heterocycles. The van der Waals surface area contributed by atoms with Crippen molar-refractivity contribution < 1.29 is 14.3 Å². The number of nitrogens with zero attached hydrogens (tertiary/aromatic N) is 4. The Hall–Kier alpha value is -1.96. The maximum atomic E-state index is 13.2. The van der Waals surface area contributed by atoms with Crippen LogP contribution >= 0.6 is 11.3 Å². The van der Waals surface area contributed by atoms with Gasteiger partial charge in [-0.3, -0.25) is 4.79 Å². The van der Waals surface area contributed by atoms with E-state index in [1.54, 1.807) is 4.90 Å². The highest BCUT2D eigenvalue weighted by Gasteiger charge is 2.38. The van der Waals surface area contributed by atoms with Crippen molar-refractivity contribution in [2.75, 3.05) is 18.0 Å². The van der Waals surface area contributed by atoms with E-state index in [-0.39, 0.29) is 12.0 Å². The minimum absolute atomic E-state index is 0.160. The lowest BCUT2D eigenvalue weighted by Gasteiger charge is -2.39. The Morgan fingerprint density at radius 1 is 1.20 bits per heavy atom. The average Bonchev–Trinajstić information content (AvgIpc) is 3.20. The number of urea groups is 1. The number of carbonyl (C=O) groups is 2. The molecule has 0 radical (unpaired) electrons. The van der Waals surface area contributed by atoms with E-state index in [4.69, 9.17) is 4.74 Å². The zero-order chi connectivity index (χ0) is 21.8. The summed E-state index contributed by atoms with van der Waals surface area (Å²) in [6, 6.07) is -0.160. The van der Waals surface area contributed by atoms with Crippen LogP contribution in [0.5, 0.6) is 0 Å². The van der Waals surface area contributed by atoms with Crippen LogP contribution in [-0.4, -0.2) is 46.4 Å². The molecule has 2 rings (SSSR count). The molecular formula is C22H36N4O3S. The highest BCUT2D eigenvalue weighted by Crippen LogP contribution is 2.29. The fraction of sp³-hybridized carbons (Fsp3) is 0.727. The minimum Gasteiger partial charge on any atom is -0.441 e. The smallest absolute Gasteiger partial charge is 0.329 e. The number of unbranched alkanes of at least 4 members (excludes halogenated alkanes) is 4. The lowest BCUT2D eigenvalue weighted by atomic mass is 10.2. The van der Waals surface area contributed by atoms with Crippen LogP contribution < -0.4 is 4.90 Å². The molecule has 1 aliphatic heterocycles. The Bertz CT molecular complexity index is 692. The summed E-state index contributed by atoms with van der Waals surface area (Å²) in [5.41, 5.74) is 0. The van der Waals surface area contributed by atoms with Gasteiger partial charge in [0.25, 0.3) is 0 Å². The summed E-state index contributed by atoms with van der Waals surface area (Å²) in [6.45, 7) is 7.41. The second kappa shape index (κ2) is 13.4. The Labute approximate surface area is 184 Å². The maximum Gasteiger partial charge on any atom is 0.329 e. The van der Waals surface area contributed by atoms with Crippen LogP contribution in [0.2, 0.25) is 0 Å². The summed E-state index contributed by atoms with van der Waals surface area (Å²) < 4.78 is 5.69. The maximum absolute atomic E-state index is 13.2. The van der Waals surface area contributed by atoms with E-state index >= 15 is 0 Å². The molecule has 7 nitrogen and oxygen atoms in total. The van der Waals surface area contributed by atoms with E-state index in [9.17, 15) is 9.59 Å². The van der Waals surface area contributed by atoms with E-state index in [0.717, 1.165) is 37.1 Å². The predicted molar refractivity (Wildman–Crippen MR) is 121 cm³/mol. The van der Waals surface area contributed by atoms with Crippen molar-refractivity contribution in [3.05, 3.63) is 17.2 Å². The summed E-state index contributed by atoms with van der Waals surface area (Å²) in [5.74, 6) is -0.258. The Kier molecular flexibility index (Phi) is 10.8. The molecule has 2 amide bonds. The van der Waals surface area contributed by atoms with Gasteiger partial charge in [-0.2, -0.15) is 0 Å². The van der Waals surface area contributed by atoms with Crippen LogP contribution in [0.15, 0.2) is 12.2 Å². The van der Waals surface area contributed by atoms with Crippen LogP contribution in [0.4, 0.5) is 9.93 Å². The molecule has 30 heavy (non-hydrogen) atoms. The van der Waals surface area contributed by atoms with Crippen LogP contribution in [-0.2, 0) is 16.0 Å². The second-order valence-corrected chi connectivity index (χ2v) is 8.66. The van der Waals surface area contributed by atoms with Crippen molar-refractivity contribution in [3.63, 3.8) is 0 Å². The second-order valence-electron chi connectivity index (χ2n) is 7.62. The third kappa shape index (κ3) is 7.38. The number of esters is 1. The number of anilines is 1. The third-order valence-corrected chi connectivity index (χ3v) is 6.10. The van der Waals surface area contributed by atoms with Gasteiger partial charge in [0.05, 0.1) is 0 Å². The zero-order valence-electron chi connectivity index (χ0n) is 18.6. The number of ether oxygens (including phenoxy) is 1. The zero-order valence-corrected chi connectivity index (χ0v) is 19.5. The number of rotatable bonds is 13. The highest BCUT2D eigenvalue weighted by atomic mass is 32.1. The Morgan fingerprint density at radius 2 is 2.00 bits per heavy atom. The predicted octanol–water partition coefficient (Wildman–Crippen LogP) is 5.32. The molecule has 1 unspecified atom stereocenters. The molecule has 168 valence electrons. The van der Waals surface area contributed by atoms with Gasteiger partial charge < -0.3 is 9.64 Å². The molecule has 1 fully saturated rings. The van der Waals surface area contributed by atoms with E-state index in [1.165, 1.54) is 35.5 Å². The number of aryl methyl sites for hydroxylation is 1. The van der Waals surface area contributed by atoms with Crippen molar-refractivity contribution in [1.29, 1.82) is 0 Å². The molecule has 1 atom stereocenters. The lowest BCUT2D eigenvalue weighted by molar-refractivity contribution is -0.149. The Morgan fingerprint density at radius 3 is 2.73 bits per heavy atom. The lowest BCUT2D eigenvalue weighted by Crippen LogP contribution is -2.56. The first kappa shape index (κ1) is 24.3. The number of aromatic nitrogens is 2. The Balaban J connectivity index is 2.11. The number of hydrogen-bond acceptors (Lipinski definition) is 6. The number of amides is 2. The summed E-state index contributed by atoms with van der Waals surface area (Å²) in [6.07, 6.45) is 12.4. The molecule has 1 aromatic rings. The molecule has 8 heteroatoms. The number of hydrogen-bond donors (Lipinski definition) is 0. The van der Waals surface area contributed by atoms with Crippen molar-refractivity contribution in [3.8, 4) is 0 Å². The molecular weight excluding hydrogens is 400 g/mol. The monoisotopic (exact) mass is 436 g/mol. The molecule has 0 N–H and O–H groups in total. The third-order valence-electron chi connectivity index (χ3n) is 5.12. The van der Waals surface area contributed by atoms with Gasteiger partial charge in [-0.05, 0) is 26.2 Å². The van der Waals surface area contributed by atoms with E-state index < -0.39 is 6.23 Å². The fourth-order valence-electron chi connectivity index (χ4n) is 3.37. The first-order valence-corrected chi connectivity index (χ1v) is 12.1. The quantitative estimate of drug-likeness (QED) is 0.238. The molecule has 0 aliphatic carbocycles. The summed E-state index contributed by atoms with van der Waals surface area (Å²) in [5, 5.41) is 10.0. The van der Waals surface area contributed by atoms with Gasteiger partial charge >= 0.3 is 12.0 Å². The van der Waals surface area contributed by atoms with Crippen LogP contribution in [0.25, 0.3) is 0 Å². The van der Waals surface area contributed by atoms with Gasteiger partial charge in [0.2, 0.25) is 5.13 Å². The average molecular weight is 437 g/mol. The van der Waals surface area contributed by atoms with E-state index in [0.29, 0.717) is 31.1 Å². The number of carbonyl (C=O) groups excluding carboxylic acids is 2. The van der Waals surface area contributed by atoms with Crippen LogP contribution in [0, 0.1) is 0 Å². The largest absolute Gasteiger partial charge is 0.441 e. The molecule has 0 saturated carbocycles. The van der Waals surface area contributed by atoms with E-state index in [1.807, 2.05) is 26.0 Å². The normalized spacial score (nSPS) is 17.2. The molecule has 1 saturated heterocycles. The minimum atomic E-state index is -0.610. The van der Waals surface area contributed by atoms with E-state index in [2.05, 4.69) is 17.1 Å². The van der Waals surface area contributed by atoms with Gasteiger partial charge in [-0.1, -0.05) is 63.0 Å².